The number of carbonyl (C=O) groups is 12. The van der Waals surface area contributed by atoms with Gasteiger partial charge in [-0.25, -0.2) is 4.79 Å². The number of carboxylic acid groups (broad SMARTS) is 1. The Morgan fingerprint density at radius 3 is 1.28 bits per heavy atom. The van der Waals surface area contributed by atoms with Gasteiger partial charge in [-0.15, -0.1) is 0 Å². The molecule has 446 valence electrons. The van der Waals surface area contributed by atoms with Gasteiger partial charge in [0.2, 0.25) is 65.0 Å². The number of rotatable bonds is 40. The highest BCUT2D eigenvalue weighted by Crippen LogP contribution is 2.13. The molecule has 0 unspecified atom stereocenters. The van der Waals surface area contributed by atoms with Gasteiger partial charge in [-0.2, -0.15) is 0 Å². The number of aliphatic hydroxyl groups excluding tert-OH is 2. The molecule has 0 spiro atoms. The molecule has 22 N–H and O–H groups in total. The van der Waals surface area contributed by atoms with E-state index in [1.807, 2.05) is 0 Å². The van der Waals surface area contributed by atoms with Gasteiger partial charge in [0.05, 0.1) is 18.8 Å². The van der Waals surface area contributed by atoms with Crippen LogP contribution in [0.3, 0.4) is 0 Å². The fourth-order valence-electron chi connectivity index (χ4n) is 7.55. The molecule has 0 radical (unpaired) electrons. The van der Waals surface area contributed by atoms with Gasteiger partial charge in [0, 0.05) is 12.8 Å². The van der Waals surface area contributed by atoms with E-state index in [4.69, 9.17) is 28.7 Å². The highest BCUT2D eigenvalue weighted by Gasteiger charge is 2.37. The minimum atomic E-state index is -1.70. The minimum Gasteiger partial charge on any atom is -0.480 e. The molecule has 0 rings (SSSR count). The molecule has 0 aliphatic rings. The number of hydrogen-bond acceptors (Lipinski definition) is 17. The maximum absolute atomic E-state index is 14.0. The highest BCUT2D eigenvalue weighted by atomic mass is 16.4. The third-order valence-electron chi connectivity index (χ3n) is 12.5. The third kappa shape index (κ3) is 27.2. The van der Waals surface area contributed by atoms with Gasteiger partial charge in [0.25, 0.3) is 0 Å². The molecular weight excluding hydrogens is 1020 g/mol. The number of nitrogens with one attached hydrogen (secondary N) is 9. The maximum atomic E-state index is 14.0. The lowest BCUT2D eigenvalue weighted by Crippen LogP contribution is -2.62. The summed E-state index contributed by atoms with van der Waals surface area (Å²) in [6.07, 6.45) is -0.425. The van der Waals surface area contributed by atoms with Crippen LogP contribution in [-0.4, -0.2) is 172 Å². The van der Waals surface area contributed by atoms with E-state index in [0.29, 0.717) is 38.6 Å². The van der Waals surface area contributed by atoms with Crippen molar-refractivity contribution >= 4 is 70.9 Å². The van der Waals surface area contributed by atoms with E-state index < -0.39 is 175 Å². The monoisotopic (exact) mass is 1110 g/mol. The average Bonchev–Trinajstić information content (AvgIpc) is 3.36. The summed E-state index contributed by atoms with van der Waals surface area (Å²) in [5, 5.41) is 51.5. The van der Waals surface area contributed by atoms with Crippen molar-refractivity contribution in [1.82, 2.24) is 47.9 Å². The molecule has 0 saturated carbocycles. The first-order chi connectivity index (χ1) is 36.4. The molecule has 0 aromatic carbocycles. The van der Waals surface area contributed by atoms with Crippen molar-refractivity contribution < 1.29 is 72.9 Å². The normalized spacial score (nSPS) is 15.9. The van der Waals surface area contributed by atoms with Crippen LogP contribution in [-0.2, 0) is 57.5 Å². The quantitative estimate of drug-likeness (QED) is 0.0255. The second kappa shape index (κ2) is 37.3. The fraction of sp³-hybridized carbons (Fsp3) is 0.755. The molecule has 11 amide bonds. The first-order valence-electron chi connectivity index (χ1n) is 26.4. The third-order valence-corrected chi connectivity index (χ3v) is 12.5. The van der Waals surface area contributed by atoms with Crippen LogP contribution >= 0.6 is 0 Å². The first kappa shape index (κ1) is 71.4. The number of carbonyl (C=O) groups excluding carboxylic acids is 11. The van der Waals surface area contributed by atoms with Gasteiger partial charge in [0.1, 0.15) is 48.3 Å². The van der Waals surface area contributed by atoms with E-state index in [2.05, 4.69) is 47.9 Å². The summed E-state index contributed by atoms with van der Waals surface area (Å²) in [4.78, 5) is 158. The van der Waals surface area contributed by atoms with E-state index in [-0.39, 0.29) is 38.1 Å². The second-order valence-electron chi connectivity index (χ2n) is 20.2. The number of nitrogens with two attached hydrogens (primary N) is 5. The van der Waals surface area contributed by atoms with Crippen molar-refractivity contribution in [3.8, 4) is 0 Å². The number of unbranched alkanes of at least 4 members (excludes halogenated alkanes) is 2. The van der Waals surface area contributed by atoms with Gasteiger partial charge < -0.3 is 91.8 Å². The van der Waals surface area contributed by atoms with E-state index in [9.17, 15) is 72.9 Å². The zero-order valence-electron chi connectivity index (χ0n) is 46.3. The Balaban J connectivity index is 6.42. The molecule has 0 aliphatic carbocycles. The van der Waals surface area contributed by atoms with Gasteiger partial charge in [0.15, 0.2) is 6.04 Å². The van der Waals surface area contributed by atoms with Gasteiger partial charge >= 0.3 is 5.97 Å². The van der Waals surface area contributed by atoms with E-state index in [0.717, 1.165) is 6.92 Å². The summed E-state index contributed by atoms with van der Waals surface area (Å²) in [5.41, 5.74) is 28.0. The summed E-state index contributed by atoms with van der Waals surface area (Å²) >= 11 is 0. The zero-order valence-corrected chi connectivity index (χ0v) is 46.3. The molecule has 0 heterocycles. The SMILES string of the molecule is CC[C@H](C)[C@H](NC(=O)[C@@H](NC(=O)[C@H](CO)NC(=O)[C@H](C)NC(=O)[C@H](CC(C)C)NC(=O)[C@H](CCC(N)=O)NC(=O)[C@H](CCC(N)=O)NC(=O)[C@H](CCCCN)NC(=O)[C@@H](N)CCCCN)C(C)C)C(=O)N[C@H](C(=O)O)[C@@H](C)O. The van der Waals surface area contributed by atoms with Crippen molar-refractivity contribution in [3.63, 3.8) is 0 Å². The Morgan fingerprint density at radius 1 is 0.462 bits per heavy atom. The van der Waals surface area contributed by atoms with Crippen LogP contribution in [0.4, 0.5) is 0 Å². The summed E-state index contributed by atoms with van der Waals surface area (Å²) in [7, 11) is 0. The average molecular weight is 1120 g/mol. The van der Waals surface area contributed by atoms with Crippen molar-refractivity contribution in [3.05, 3.63) is 0 Å². The topological polar surface area (TPSA) is 504 Å². The van der Waals surface area contributed by atoms with Crippen LogP contribution in [0.1, 0.15) is 132 Å². The Labute approximate surface area is 455 Å². The van der Waals surface area contributed by atoms with Crippen LogP contribution in [0.2, 0.25) is 0 Å². The molecule has 29 heteroatoms. The van der Waals surface area contributed by atoms with Crippen LogP contribution in [0.15, 0.2) is 0 Å². The zero-order chi connectivity index (χ0) is 60.0. The fourth-order valence-corrected chi connectivity index (χ4v) is 7.55. The van der Waals surface area contributed by atoms with Crippen LogP contribution in [0, 0.1) is 17.8 Å². The molecule has 0 bridgehead atoms. The lowest BCUT2D eigenvalue weighted by atomic mass is 9.96. The van der Waals surface area contributed by atoms with Crippen molar-refractivity contribution in [2.24, 2.45) is 46.4 Å². The standard InChI is InChI=1S/C49H90N14O15/c1-9-26(6)38(48(76)63-39(28(8)65)49(77)78)62-47(75)37(25(4)5)61-46(74)34(23-64)60-40(68)27(7)55-45(73)33(22-24(2)3)59-44(72)32(17-19-36(54)67)58-43(71)31(16-18-35(53)66)57-42(70)30(15-11-13-21-51)56-41(69)29(52)14-10-12-20-50/h24-34,37-39,64-65H,9-23,50-52H2,1-8H3,(H2,53,66)(H2,54,67)(H,55,73)(H,56,69)(H,57,70)(H,58,71)(H,59,72)(H,60,68)(H,61,74)(H,62,75)(H,63,76)(H,77,78)/t26-,27-,28+,29-,30-,31-,32-,33-,34-,37-,38-,39-/m0/s1. The largest absolute Gasteiger partial charge is 0.480 e. The van der Waals surface area contributed by atoms with E-state index in [1.165, 1.54) is 6.92 Å². The van der Waals surface area contributed by atoms with Crippen molar-refractivity contribution in [2.45, 2.75) is 199 Å². The maximum Gasteiger partial charge on any atom is 0.328 e. The van der Waals surface area contributed by atoms with Gasteiger partial charge in [-0.1, -0.05) is 54.4 Å². The number of carboxylic acids is 1. The number of primary amides is 2. The number of aliphatic carboxylic acids is 1. The van der Waals surface area contributed by atoms with Crippen LogP contribution in [0.25, 0.3) is 0 Å². The molecule has 0 aliphatic heterocycles. The number of aliphatic hydroxyl groups is 2. The predicted octanol–water partition coefficient (Wildman–Crippen LogP) is -5.31. The smallest absolute Gasteiger partial charge is 0.328 e. The van der Waals surface area contributed by atoms with E-state index >= 15 is 0 Å². The molecule has 0 aromatic heterocycles. The Kier molecular flexibility index (Phi) is 34.2. The Hall–Kier alpha value is -6.56. The Bertz CT molecular complexity index is 2010. The molecule has 0 fully saturated rings. The van der Waals surface area contributed by atoms with Crippen LogP contribution in [0.5, 0.6) is 0 Å². The van der Waals surface area contributed by atoms with Gasteiger partial charge in [-0.05, 0) is 96.1 Å². The predicted molar refractivity (Wildman–Crippen MR) is 284 cm³/mol. The summed E-state index contributed by atoms with van der Waals surface area (Å²) < 4.78 is 0. The number of hydrogen-bond donors (Lipinski definition) is 17. The lowest BCUT2D eigenvalue weighted by molar-refractivity contribution is -0.145. The van der Waals surface area contributed by atoms with Gasteiger partial charge in [-0.3, -0.25) is 52.7 Å². The summed E-state index contributed by atoms with van der Waals surface area (Å²) in [5.74, 6) is -12.9. The van der Waals surface area contributed by atoms with Crippen LogP contribution < -0.4 is 76.5 Å². The van der Waals surface area contributed by atoms with E-state index in [1.54, 1.807) is 41.5 Å². The summed E-state index contributed by atoms with van der Waals surface area (Å²) in [6, 6.07) is -14.2. The second-order valence-corrected chi connectivity index (χ2v) is 20.2. The molecular formula is C49H90N14O15. The Morgan fingerprint density at radius 2 is 0.859 bits per heavy atom. The molecule has 29 nitrogen and oxygen atoms in total. The van der Waals surface area contributed by atoms with Crippen molar-refractivity contribution in [1.29, 1.82) is 0 Å². The lowest BCUT2D eigenvalue weighted by Gasteiger charge is -2.30. The molecule has 78 heavy (non-hydrogen) atoms. The number of amides is 11. The molecule has 0 aromatic rings. The highest BCUT2D eigenvalue weighted by molar-refractivity contribution is 5.99. The molecule has 0 saturated heterocycles. The summed E-state index contributed by atoms with van der Waals surface area (Å²) in [6.45, 7) is 11.9. The minimum absolute atomic E-state index is 0.0474. The van der Waals surface area contributed by atoms with Crippen molar-refractivity contribution in [2.75, 3.05) is 19.7 Å². The first-order valence-corrected chi connectivity index (χ1v) is 26.4. The molecule has 12 atom stereocenters.